The molecule has 1 N–H and O–H groups in total. The van der Waals surface area contributed by atoms with Crippen LogP contribution in [0, 0.1) is 18.3 Å². The topological polar surface area (TPSA) is 80.6 Å². The monoisotopic (exact) mass is 400 g/mol. The second-order valence-electron chi connectivity index (χ2n) is 5.74. The van der Waals surface area contributed by atoms with Gasteiger partial charge in [0.25, 0.3) is 5.91 Å². The maximum Gasteiger partial charge on any atom is 0.266 e. The summed E-state index contributed by atoms with van der Waals surface area (Å²) in [5.41, 5.74) is 1.65. The molecule has 0 radical (unpaired) electrons. The number of carbonyl (C=O) groups is 1. The molecule has 0 fully saturated rings. The summed E-state index contributed by atoms with van der Waals surface area (Å²) >= 11 is 6.09. The van der Waals surface area contributed by atoms with Gasteiger partial charge in [-0.25, -0.2) is 0 Å². The van der Waals surface area contributed by atoms with Crippen molar-refractivity contribution in [1.29, 1.82) is 5.26 Å². The van der Waals surface area contributed by atoms with Gasteiger partial charge in [0.1, 0.15) is 17.4 Å². The quantitative estimate of drug-likeness (QED) is 0.542. The molecule has 0 bridgehead atoms. The summed E-state index contributed by atoms with van der Waals surface area (Å²) in [5, 5.41) is 12.7. The van der Waals surface area contributed by atoms with Crippen LogP contribution < -0.4 is 19.5 Å². The summed E-state index contributed by atoms with van der Waals surface area (Å²) in [4.78, 5) is 12.7. The van der Waals surface area contributed by atoms with Gasteiger partial charge in [0.2, 0.25) is 0 Å². The van der Waals surface area contributed by atoms with Gasteiger partial charge in [-0.1, -0.05) is 23.7 Å². The zero-order valence-corrected chi connectivity index (χ0v) is 16.9. The van der Waals surface area contributed by atoms with Gasteiger partial charge >= 0.3 is 0 Å². The number of benzene rings is 2. The number of carbonyl (C=O) groups excluding carboxylic acids is 1. The van der Waals surface area contributed by atoms with E-state index in [0.717, 1.165) is 5.56 Å². The van der Waals surface area contributed by atoms with Gasteiger partial charge < -0.3 is 19.5 Å². The van der Waals surface area contributed by atoms with Crippen molar-refractivity contribution in [3.05, 3.63) is 52.1 Å². The van der Waals surface area contributed by atoms with E-state index in [1.165, 1.54) is 20.3 Å². The average Bonchev–Trinajstić information content (AvgIpc) is 2.68. The standard InChI is InChI=1S/C21H21ClN2O4/c1-5-28-18-8-6-7-14(20(18)27-4)10-15(12-23)21(25)24-17-9-13(2)16(22)11-19(17)26-3/h6-11H,5H2,1-4H3,(H,24,25)/b15-10+. The second kappa shape index (κ2) is 9.67. The lowest BCUT2D eigenvalue weighted by Crippen LogP contribution is -2.14. The number of hydrogen-bond donors (Lipinski definition) is 1. The predicted octanol–water partition coefficient (Wildman–Crippen LogP) is 4.61. The molecule has 0 aliphatic heterocycles. The Morgan fingerprint density at radius 2 is 2.00 bits per heavy atom. The minimum atomic E-state index is -0.577. The summed E-state index contributed by atoms with van der Waals surface area (Å²) in [6, 6.07) is 10.5. The molecule has 0 aliphatic rings. The molecule has 0 saturated carbocycles. The van der Waals surface area contributed by atoms with Crippen LogP contribution in [-0.4, -0.2) is 26.7 Å². The summed E-state index contributed by atoms with van der Waals surface area (Å²) in [5.74, 6) is 0.805. The molecule has 0 unspecified atom stereocenters. The highest BCUT2D eigenvalue weighted by atomic mass is 35.5. The molecule has 0 saturated heterocycles. The number of nitriles is 1. The van der Waals surface area contributed by atoms with E-state index in [1.807, 2.05) is 19.9 Å². The molecule has 0 heterocycles. The smallest absolute Gasteiger partial charge is 0.266 e. The van der Waals surface area contributed by atoms with Gasteiger partial charge in [-0.3, -0.25) is 4.79 Å². The number of ether oxygens (including phenoxy) is 3. The van der Waals surface area contributed by atoms with E-state index < -0.39 is 5.91 Å². The normalized spacial score (nSPS) is 10.8. The first-order valence-corrected chi connectivity index (χ1v) is 8.90. The Kier molecular flexibility index (Phi) is 7.30. The molecular formula is C21H21ClN2O4. The van der Waals surface area contributed by atoms with Gasteiger partial charge in [0, 0.05) is 16.7 Å². The van der Waals surface area contributed by atoms with E-state index >= 15 is 0 Å². The first-order valence-electron chi connectivity index (χ1n) is 8.52. The Hall–Kier alpha value is -3.17. The molecule has 0 aromatic heterocycles. The molecule has 2 aromatic rings. The van der Waals surface area contributed by atoms with Crippen molar-refractivity contribution in [1.82, 2.24) is 0 Å². The maximum atomic E-state index is 12.7. The lowest BCUT2D eigenvalue weighted by Gasteiger charge is -2.13. The fourth-order valence-electron chi connectivity index (χ4n) is 2.56. The summed E-state index contributed by atoms with van der Waals surface area (Å²) in [6.07, 6.45) is 1.45. The van der Waals surface area contributed by atoms with E-state index in [9.17, 15) is 10.1 Å². The van der Waals surface area contributed by atoms with Gasteiger partial charge in [-0.2, -0.15) is 5.26 Å². The Morgan fingerprint density at radius 3 is 2.61 bits per heavy atom. The van der Waals surface area contributed by atoms with Crippen LogP contribution in [0.25, 0.3) is 6.08 Å². The molecule has 7 heteroatoms. The Balaban J connectivity index is 2.39. The SMILES string of the molecule is CCOc1cccc(/C=C(\C#N)C(=O)Nc2cc(C)c(Cl)cc2OC)c1OC. The number of anilines is 1. The molecule has 2 rings (SSSR count). The molecule has 0 spiro atoms. The van der Waals surface area contributed by atoms with Gasteiger partial charge in [-0.05, 0) is 37.6 Å². The van der Waals surface area contributed by atoms with E-state index in [2.05, 4.69) is 5.32 Å². The highest BCUT2D eigenvalue weighted by Gasteiger charge is 2.16. The molecule has 28 heavy (non-hydrogen) atoms. The largest absolute Gasteiger partial charge is 0.495 e. The number of nitrogens with one attached hydrogen (secondary N) is 1. The number of nitrogens with zero attached hydrogens (tertiary/aromatic N) is 1. The van der Waals surface area contributed by atoms with Crippen LogP contribution in [0.2, 0.25) is 5.02 Å². The number of amides is 1. The predicted molar refractivity (Wildman–Crippen MR) is 109 cm³/mol. The van der Waals surface area contributed by atoms with E-state index in [0.29, 0.717) is 40.1 Å². The van der Waals surface area contributed by atoms with Gasteiger partial charge in [0.15, 0.2) is 11.5 Å². The fourth-order valence-corrected chi connectivity index (χ4v) is 2.71. The van der Waals surface area contributed by atoms with Crippen LogP contribution in [0.5, 0.6) is 17.2 Å². The van der Waals surface area contributed by atoms with E-state index in [1.54, 1.807) is 30.3 Å². The van der Waals surface area contributed by atoms with Crippen molar-refractivity contribution in [2.24, 2.45) is 0 Å². The Bertz CT molecular complexity index is 948. The van der Waals surface area contributed by atoms with E-state index in [4.69, 9.17) is 25.8 Å². The highest BCUT2D eigenvalue weighted by Crippen LogP contribution is 2.33. The third-order valence-corrected chi connectivity index (χ3v) is 4.31. The minimum absolute atomic E-state index is 0.0957. The molecular weight excluding hydrogens is 380 g/mol. The van der Waals surface area contributed by atoms with Crippen molar-refractivity contribution in [3.63, 3.8) is 0 Å². The van der Waals surface area contributed by atoms with Crippen LogP contribution in [0.4, 0.5) is 5.69 Å². The number of aryl methyl sites for hydroxylation is 1. The van der Waals surface area contributed by atoms with Crippen molar-refractivity contribution in [3.8, 4) is 23.3 Å². The number of halogens is 1. The third kappa shape index (κ3) is 4.76. The number of para-hydroxylation sites is 1. The van der Waals surface area contributed by atoms with Crippen LogP contribution in [0.3, 0.4) is 0 Å². The molecule has 146 valence electrons. The fraction of sp³-hybridized carbons (Fsp3) is 0.238. The number of hydrogen-bond acceptors (Lipinski definition) is 5. The van der Waals surface area contributed by atoms with Crippen LogP contribution in [0.15, 0.2) is 35.9 Å². The van der Waals surface area contributed by atoms with Gasteiger partial charge in [-0.15, -0.1) is 0 Å². The molecule has 0 aliphatic carbocycles. The van der Waals surface area contributed by atoms with Crippen LogP contribution >= 0.6 is 11.6 Å². The van der Waals surface area contributed by atoms with Crippen molar-refractivity contribution in [2.45, 2.75) is 13.8 Å². The lowest BCUT2D eigenvalue weighted by molar-refractivity contribution is -0.112. The summed E-state index contributed by atoms with van der Waals surface area (Å²) < 4.78 is 16.2. The van der Waals surface area contributed by atoms with Crippen molar-refractivity contribution >= 4 is 29.3 Å². The van der Waals surface area contributed by atoms with Crippen LogP contribution in [-0.2, 0) is 4.79 Å². The van der Waals surface area contributed by atoms with E-state index in [-0.39, 0.29) is 5.57 Å². The first-order chi connectivity index (χ1) is 13.4. The van der Waals surface area contributed by atoms with Gasteiger partial charge in [0.05, 0.1) is 26.5 Å². The van der Waals surface area contributed by atoms with Crippen molar-refractivity contribution < 1.29 is 19.0 Å². The maximum absolute atomic E-state index is 12.7. The Morgan fingerprint density at radius 1 is 1.25 bits per heavy atom. The molecule has 0 atom stereocenters. The average molecular weight is 401 g/mol. The first kappa shape index (κ1) is 21.1. The van der Waals surface area contributed by atoms with Crippen LogP contribution in [0.1, 0.15) is 18.1 Å². The number of methoxy groups -OCH3 is 2. The third-order valence-electron chi connectivity index (χ3n) is 3.91. The summed E-state index contributed by atoms with van der Waals surface area (Å²) in [6.45, 7) is 4.13. The summed E-state index contributed by atoms with van der Waals surface area (Å²) in [7, 11) is 2.98. The molecule has 1 amide bonds. The number of rotatable bonds is 7. The Labute approximate surface area is 169 Å². The minimum Gasteiger partial charge on any atom is -0.495 e. The van der Waals surface area contributed by atoms with Crippen molar-refractivity contribution in [2.75, 3.05) is 26.1 Å². The molecule has 2 aromatic carbocycles. The molecule has 6 nitrogen and oxygen atoms in total. The zero-order valence-electron chi connectivity index (χ0n) is 16.1. The second-order valence-corrected chi connectivity index (χ2v) is 6.14. The highest BCUT2D eigenvalue weighted by molar-refractivity contribution is 6.31. The lowest BCUT2D eigenvalue weighted by atomic mass is 10.1. The zero-order chi connectivity index (χ0) is 20.7.